The third-order valence-electron chi connectivity index (χ3n) is 2.27. The number of halogens is 2. The van der Waals surface area contributed by atoms with Crippen molar-refractivity contribution >= 4 is 5.91 Å². The third-order valence-corrected chi connectivity index (χ3v) is 2.27. The summed E-state index contributed by atoms with van der Waals surface area (Å²) >= 11 is 0. The van der Waals surface area contributed by atoms with Crippen molar-refractivity contribution in [3.63, 3.8) is 0 Å². The van der Waals surface area contributed by atoms with Crippen LogP contribution in [-0.2, 0) is 4.79 Å². The summed E-state index contributed by atoms with van der Waals surface area (Å²) in [5, 5.41) is 12.1. The van der Waals surface area contributed by atoms with Gasteiger partial charge in [0.15, 0.2) is 11.6 Å². The predicted molar refractivity (Wildman–Crippen MR) is 70.3 cm³/mol. The zero-order valence-electron chi connectivity index (χ0n) is 11.3. The monoisotopic (exact) mass is 285 g/mol. The lowest BCUT2D eigenvalue weighted by Crippen LogP contribution is -2.34. The smallest absolute Gasteiger partial charge is 0.244 e. The van der Waals surface area contributed by atoms with Gasteiger partial charge in [0, 0.05) is 18.7 Å². The van der Waals surface area contributed by atoms with E-state index in [0.717, 1.165) is 17.7 Å². The molecule has 0 radical (unpaired) electrons. The molecule has 0 aliphatic carbocycles. The maximum absolute atomic E-state index is 12.9. The molecule has 2 N–H and O–H groups in total. The fraction of sp³-hybridized carbons (Fsp3) is 0.357. The van der Waals surface area contributed by atoms with Crippen LogP contribution in [-0.4, -0.2) is 30.3 Å². The molecule has 0 bridgehead atoms. The van der Waals surface area contributed by atoms with Gasteiger partial charge in [-0.1, -0.05) is 5.57 Å². The van der Waals surface area contributed by atoms with Crippen LogP contribution in [0, 0.1) is 11.6 Å². The highest BCUT2D eigenvalue weighted by Crippen LogP contribution is 2.15. The summed E-state index contributed by atoms with van der Waals surface area (Å²) in [6, 6.07) is 3.09. The molecule has 1 unspecified atom stereocenters. The number of carbonyl (C=O) groups excluding carboxylic acids is 1. The van der Waals surface area contributed by atoms with Crippen LogP contribution in [0.2, 0.25) is 0 Å². The number of hydrogen-bond acceptors (Lipinski definition) is 3. The molecule has 4 nitrogen and oxygen atoms in total. The Kier molecular flexibility index (Phi) is 6.11. The van der Waals surface area contributed by atoms with Gasteiger partial charge >= 0.3 is 0 Å². The average Bonchev–Trinajstić information content (AvgIpc) is 2.37. The molecule has 1 aromatic carbocycles. The summed E-state index contributed by atoms with van der Waals surface area (Å²) in [5.41, 5.74) is 0.843. The van der Waals surface area contributed by atoms with E-state index in [1.807, 2.05) is 0 Å². The topological polar surface area (TPSA) is 58.6 Å². The number of allylic oxidation sites excluding steroid dienone is 1. The second kappa shape index (κ2) is 7.59. The van der Waals surface area contributed by atoms with Crippen LogP contribution in [0.25, 0.3) is 0 Å². The number of amides is 1. The average molecular weight is 285 g/mol. The van der Waals surface area contributed by atoms with Gasteiger partial charge in [0.05, 0.1) is 0 Å². The Morgan fingerprint density at radius 2 is 2.10 bits per heavy atom. The molecule has 0 aromatic heterocycles. The zero-order chi connectivity index (χ0) is 15.1. The van der Waals surface area contributed by atoms with Gasteiger partial charge in [-0.3, -0.25) is 4.79 Å². The molecule has 0 saturated carbocycles. The molecule has 0 aliphatic heterocycles. The fourth-order valence-corrected chi connectivity index (χ4v) is 1.35. The molecule has 0 spiro atoms. The molecule has 6 heteroatoms. The molecule has 0 saturated heterocycles. The van der Waals surface area contributed by atoms with E-state index in [1.165, 1.54) is 12.1 Å². The van der Waals surface area contributed by atoms with Crippen LogP contribution in [0.15, 0.2) is 29.8 Å². The van der Waals surface area contributed by atoms with Crippen LogP contribution in [0.3, 0.4) is 0 Å². The van der Waals surface area contributed by atoms with E-state index in [1.54, 1.807) is 13.8 Å². The molecule has 20 heavy (non-hydrogen) atoms. The lowest BCUT2D eigenvalue weighted by Gasteiger charge is -2.12. The van der Waals surface area contributed by atoms with E-state index >= 15 is 0 Å². The van der Waals surface area contributed by atoms with Crippen LogP contribution in [0.4, 0.5) is 8.78 Å². The van der Waals surface area contributed by atoms with Crippen molar-refractivity contribution in [3.05, 3.63) is 41.5 Å². The largest absolute Gasteiger partial charge is 0.491 e. The van der Waals surface area contributed by atoms with Gasteiger partial charge < -0.3 is 15.2 Å². The molecule has 0 aliphatic rings. The Hall–Kier alpha value is -1.95. The van der Waals surface area contributed by atoms with Crippen molar-refractivity contribution in [1.82, 2.24) is 5.32 Å². The van der Waals surface area contributed by atoms with Gasteiger partial charge in [-0.2, -0.15) is 0 Å². The van der Waals surface area contributed by atoms with Gasteiger partial charge in [-0.05, 0) is 26.0 Å². The number of aliphatic hydroxyl groups is 1. The minimum Gasteiger partial charge on any atom is -0.491 e. The first-order valence-electron chi connectivity index (χ1n) is 6.07. The number of nitrogens with one attached hydrogen (secondary N) is 1. The third kappa shape index (κ3) is 5.79. The van der Waals surface area contributed by atoms with Crippen molar-refractivity contribution in [1.29, 1.82) is 0 Å². The highest BCUT2D eigenvalue weighted by Gasteiger charge is 2.08. The number of benzene rings is 1. The van der Waals surface area contributed by atoms with Crippen LogP contribution in [0.5, 0.6) is 5.75 Å². The summed E-state index contributed by atoms with van der Waals surface area (Å²) in [6.07, 6.45) is 0.459. The number of ether oxygens (including phenoxy) is 1. The van der Waals surface area contributed by atoms with Gasteiger partial charge in [0.25, 0.3) is 0 Å². The molecule has 1 amide bonds. The van der Waals surface area contributed by atoms with Gasteiger partial charge in [0.1, 0.15) is 18.5 Å². The highest BCUT2D eigenvalue weighted by molar-refractivity contribution is 5.88. The number of hydrogen-bond donors (Lipinski definition) is 2. The first-order chi connectivity index (χ1) is 9.38. The number of rotatable bonds is 6. The van der Waals surface area contributed by atoms with Crippen molar-refractivity contribution in [3.8, 4) is 5.75 Å². The normalized spacial score (nSPS) is 11.7. The minimum atomic E-state index is -1.02. The van der Waals surface area contributed by atoms with Gasteiger partial charge in [0.2, 0.25) is 5.91 Å². The zero-order valence-corrected chi connectivity index (χ0v) is 11.3. The van der Waals surface area contributed by atoms with Crippen LogP contribution < -0.4 is 10.1 Å². The Morgan fingerprint density at radius 3 is 2.70 bits per heavy atom. The van der Waals surface area contributed by atoms with E-state index in [9.17, 15) is 18.7 Å². The molecular formula is C14H17F2NO3. The summed E-state index contributed by atoms with van der Waals surface area (Å²) in [4.78, 5) is 11.3. The molecule has 1 atom stereocenters. The van der Waals surface area contributed by atoms with Crippen molar-refractivity contribution in [2.75, 3.05) is 13.2 Å². The molecule has 110 valence electrons. The molecule has 0 heterocycles. The SMILES string of the molecule is CC(C)=CC(=O)NCC(O)COc1ccc(F)c(F)c1. The van der Waals surface area contributed by atoms with E-state index in [-0.39, 0.29) is 24.8 Å². The van der Waals surface area contributed by atoms with E-state index in [0.29, 0.717) is 0 Å². The molecule has 0 fully saturated rings. The van der Waals surface area contributed by atoms with E-state index in [2.05, 4.69) is 5.32 Å². The second-order valence-electron chi connectivity index (χ2n) is 4.51. The first-order valence-corrected chi connectivity index (χ1v) is 6.07. The standard InChI is InChI=1S/C14H17F2NO3/c1-9(2)5-14(19)17-7-10(18)8-20-11-3-4-12(15)13(16)6-11/h3-6,10,18H,7-8H2,1-2H3,(H,17,19). The fourth-order valence-electron chi connectivity index (χ4n) is 1.35. The Balaban J connectivity index is 2.36. The van der Waals surface area contributed by atoms with Gasteiger partial charge in [-0.25, -0.2) is 8.78 Å². The lowest BCUT2D eigenvalue weighted by molar-refractivity contribution is -0.117. The van der Waals surface area contributed by atoms with Crippen molar-refractivity contribution in [2.45, 2.75) is 20.0 Å². The van der Waals surface area contributed by atoms with Crippen LogP contribution in [0.1, 0.15) is 13.8 Å². The number of carbonyl (C=O) groups is 1. The maximum Gasteiger partial charge on any atom is 0.244 e. The van der Waals surface area contributed by atoms with E-state index < -0.39 is 17.7 Å². The Labute approximate surface area is 116 Å². The summed E-state index contributed by atoms with van der Waals surface area (Å²) < 4.78 is 30.7. The van der Waals surface area contributed by atoms with E-state index in [4.69, 9.17) is 4.74 Å². The predicted octanol–water partition coefficient (Wildman–Crippen LogP) is 1.79. The molecular weight excluding hydrogens is 268 g/mol. The lowest BCUT2D eigenvalue weighted by atomic mass is 10.3. The molecule has 1 rings (SSSR count). The number of aliphatic hydroxyl groups excluding tert-OH is 1. The summed E-state index contributed by atoms with van der Waals surface area (Å²) in [6.45, 7) is 3.43. The highest BCUT2D eigenvalue weighted by atomic mass is 19.2. The Bertz CT molecular complexity index is 499. The summed E-state index contributed by atoms with van der Waals surface area (Å²) in [5.74, 6) is -2.18. The minimum absolute atomic E-state index is 0.00624. The van der Waals surface area contributed by atoms with Crippen molar-refractivity contribution in [2.24, 2.45) is 0 Å². The van der Waals surface area contributed by atoms with Crippen molar-refractivity contribution < 1.29 is 23.4 Å². The maximum atomic E-state index is 12.9. The Morgan fingerprint density at radius 1 is 1.40 bits per heavy atom. The van der Waals surface area contributed by atoms with Crippen LogP contribution >= 0.6 is 0 Å². The van der Waals surface area contributed by atoms with Gasteiger partial charge in [-0.15, -0.1) is 0 Å². The second-order valence-corrected chi connectivity index (χ2v) is 4.51. The molecule has 1 aromatic rings. The summed E-state index contributed by atoms with van der Waals surface area (Å²) in [7, 11) is 0. The first kappa shape index (κ1) is 16.1. The quantitative estimate of drug-likeness (QED) is 0.783.